The van der Waals surface area contributed by atoms with Gasteiger partial charge in [0.15, 0.2) is 6.29 Å². The van der Waals surface area contributed by atoms with E-state index in [0.29, 0.717) is 11.8 Å². The summed E-state index contributed by atoms with van der Waals surface area (Å²) in [5, 5.41) is 9.35. The van der Waals surface area contributed by atoms with Crippen LogP contribution in [0.2, 0.25) is 0 Å². The fourth-order valence-corrected chi connectivity index (χ4v) is 1.46. The van der Waals surface area contributed by atoms with Gasteiger partial charge in [-0.15, -0.1) is 0 Å². The molecule has 0 bridgehead atoms. The molecule has 2 radical (unpaired) electrons. The normalized spacial score (nSPS) is 9.25. The summed E-state index contributed by atoms with van der Waals surface area (Å²) in [6.07, 6.45) is 0.655. The van der Waals surface area contributed by atoms with E-state index in [2.05, 4.69) is 0 Å². The Morgan fingerprint density at radius 2 is 1.62 bits per heavy atom. The number of aldehydes is 1. The van der Waals surface area contributed by atoms with Gasteiger partial charge in [-0.05, 0) is 23.3 Å². The summed E-state index contributed by atoms with van der Waals surface area (Å²) in [6, 6.07) is 14.7. The Bertz CT molecular complexity index is 481. The molecule has 0 amide bonds. The van der Waals surface area contributed by atoms with Crippen molar-refractivity contribution in [2.24, 2.45) is 0 Å². The quantitative estimate of drug-likeness (QED) is 0.611. The molecular formula is C13H12O2Pb. The van der Waals surface area contributed by atoms with Crippen molar-refractivity contribution in [3.63, 3.8) is 0 Å². The Hall–Kier alpha value is -1.17. The predicted octanol–water partition coefficient (Wildman–Crippen LogP) is 1.96. The second kappa shape index (κ2) is 5.79. The van der Waals surface area contributed by atoms with Gasteiger partial charge >= 0.3 is 27.3 Å². The van der Waals surface area contributed by atoms with Crippen LogP contribution in [0.25, 0.3) is 11.1 Å². The summed E-state index contributed by atoms with van der Waals surface area (Å²) >= 11 is 0. The number of benzene rings is 2. The molecule has 1 N–H and O–H groups in total. The van der Waals surface area contributed by atoms with Gasteiger partial charge in [-0.2, -0.15) is 0 Å². The summed E-state index contributed by atoms with van der Waals surface area (Å²) in [5.74, 6) is 0.0182. The molecule has 80 valence electrons. The van der Waals surface area contributed by atoms with Crippen LogP contribution in [-0.4, -0.2) is 38.7 Å². The number of aromatic hydroxyl groups is 1. The average Bonchev–Trinajstić information content (AvgIpc) is 2.31. The van der Waals surface area contributed by atoms with E-state index in [-0.39, 0.29) is 33.0 Å². The number of phenols is 1. The van der Waals surface area contributed by atoms with Gasteiger partial charge in [-0.25, -0.2) is 0 Å². The van der Waals surface area contributed by atoms with Crippen molar-refractivity contribution in [3.8, 4) is 16.9 Å². The van der Waals surface area contributed by atoms with Crippen molar-refractivity contribution in [1.29, 1.82) is 0 Å². The van der Waals surface area contributed by atoms with E-state index < -0.39 is 0 Å². The standard InChI is InChI=1S/C13H10O2.Pb.2H/c14-9-12-8-11(6-7-13(12)15)10-4-2-1-3-5-10;;;/h1-9,15H;;;. The van der Waals surface area contributed by atoms with Crippen LogP contribution in [0.1, 0.15) is 10.4 Å². The minimum absolute atomic E-state index is 0. The maximum absolute atomic E-state index is 10.7. The van der Waals surface area contributed by atoms with Gasteiger partial charge in [0, 0.05) is 0 Å². The van der Waals surface area contributed by atoms with Crippen molar-refractivity contribution in [1.82, 2.24) is 0 Å². The predicted molar refractivity (Wildman–Crippen MR) is 67.5 cm³/mol. The van der Waals surface area contributed by atoms with Gasteiger partial charge in [0.25, 0.3) is 0 Å². The molecule has 0 aliphatic heterocycles. The first kappa shape index (κ1) is 12.9. The third-order valence-corrected chi connectivity index (χ3v) is 2.26. The molecular weight excluding hydrogens is 395 g/mol. The summed E-state index contributed by atoms with van der Waals surface area (Å²) in [4.78, 5) is 10.7. The molecule has 0 fully saturated rings. The molecule has 2 aromatic carbocycles. The van der Waals surface area contributed by atoms with Gasteiger partial charge < -0.3 is 5.11 Å². The van der Waals surface area contributed by atoms with Crippen LogP contribution in [0, 0.1) is 0 Å². The fourth-order valence-electron chi connectivity index (χ4n) is 1.46. The van der Waals surface area contributed by atoms with Gasteiger partial charge in [-0.3, -0.25) is 4.79 Å². The third kappa shape index (κ3) is 2.69. The van der Waals surface area contributed by atoms with Crippen molar-refractivity contribution in [2.75, 3.05) is 0 Å². The molecule has 0 spiro atoms. The van der Waals surface area contributed by atoms with Crippen LogP contribution < -0.4 is 0 Å². The maximum atomic E-state index is 10.7. The SMILES string of the molecule is O=Cc1cc(-c2ccccc2)ccc1O.[PbH2]. The number of rotatable bonds is 2. The van der Waals surface area contributed by atoms with Crippen LogP contribution in [0.4, 0.5) is 0 Å². The van der Waals surface area contributed by atoms with Crippen LogP contribution in [0.3, 0.4) is 0 Å². The summed E-state index contributed by atoms with van der Waals surface area (Å²) in [7, 11) is 0. The second-order valence-electron chi connectivity index (χ2n) is 3.26. The molecule has 2 rings (SSSR count). The average molecular weight is 407 g/mol. The molecule has 0 aliphatic carbocycles. The molecule has 0 unspecified atom stereocenters. The molecule has 0 saturated heterocycles. The summed E-state index contributed by atoms with van der Waals surface area (Å²) in [5.41, 5.74) is 2.27. The van der Waals surface area contributed by atoms with Crippen molar-refractivity contribution < 1.29 is 9.90 Å². The molecule has 16 heavy (non-hydrogen) atoms. The Balaban J connectivity index is 0.00000128. The molecule has 3 heteroatoms. The van der Waals surface area contributed by atoms with E-state index in [1.165, 1.54) is 6.07 Å². The monoisotopic (exact) mass is 408 g/mol. The molecule has 0 atom stereocenters. The fraction of sp³-hybridized carbons (Fsp3) is 0. The van der Waals surface area contributed by atoms with Gasteiger partial charge in [0.1, 0.15) is 5.75 Å². The Morgan fingerprint density at radius 3 is 2.25 bits per heavy atom. The number of phenolic OH excluding ortho intramolecular Hbond substituents is 1. The molecule has 2 aromatic rings. The van der Waals surface area contributed by atoms with Crippen molar-refractivity contribution >= 4 is 33.6 Å². The van der Waals surface area contributed by atoms with Crippen molar-refractivity contribution in [2.45, 2.75) is 0 Å². The van der Waals surface area contributed by atoms with E-state index in [4.69, 9.17) is 0 Å². The molecule has 2 nitrogen and oxygen atoms in total. The van der Waals surface area contributed by atoms with E-state index >= 15 is 0 Å². The van der Waals surface area contributed by atoms with Gasteiger partial charge in [0.2, 0.25) is 0 Å². The minimum atomic E-state index is 0. The van der Waals surface area contributed by atoms with Crippen LogP contribution in [-0.2, 0) is 0 Å². The third-order valence-electron chi connectivity index (χ3n) is 2.26. The first-order valence-corrected chi connectivity index (χ1v) is 4.65. The van der Waals surface area contributed by atoms with Crippen molar-refractivity contribution in [3.05, 3.63) is 54.1 Å². The molecule has 0 aromatic heterocycles. The van der Waals surface area contributed by atoms with E-state index in [9.17, 15) is 9.90 Å². The molecule has 0 heterocycles. The Labute approximate surface area is 114 Å². The second-order valence-corrected chi connectivity index (χ2v) is 3.26. The number of carbonyl (C=O) groups excluding carboxylic acids is 1. The summed E-state index contributed by atoms with van der Waals surface area (Å²) < 4.78 is 0. The first-order valence-electron chi connectivity index (χ1n) is 4.65. The molecule has 0 saturated carbocycles. The van der Waals surface area contributed by atoms with E-state index in [1.807, 2.05) is 30.3 Å². The summed E-state index contributed by atoms with van der Waals surface area (Å²) in [6.45, 7) is 0. The van der Waals surface area contributed by atoms with Gasteiger partial charge in [-0.1, -0.05) is 36.4 Å². The Morgan fingerprint density at radius 1 is 0.938 bits per heavy atom. The number of hydrogen-bond donors (Lipinski definition) is 1. The van der Waals surface area contributed by atoms with E-state index in [1.54, 1.807) is 12.1 Å². The zero-order valence-electron chi connectivity index (χ0n) is 8.76. The zero-order valence-corrected chi connectivity index (χ0v) is 14.3. The topological polar surface area (TPSA) is 37.3 Å². The Kier molecular flexibility index (Phi) is 4.67. The zero-order chi connectivity index (χ0) is 10.7. The number of carbonyl (C=O) groups is 1. The first-order chi connectivity index (χ1) is 7.31. The van der Waals surface area contributed by atoms with Crippen LogP contribution in [0.5, 0.6) is 5.75 Å². The number of hydrogen-bond acceptors (Lipinski definition) is 2. The molecule has 0 aliphatic rings. The van der Waals surface area contributed by atoms with Crippen LogP contribution in [0.15, 0.2) is 48.5 Å². The van der Waals surface area contributed by atoms with Crippen LogP contribution >= 0.6 is 0 Å². The van der Waals surface area contributed by atoms with Gasteiger partial charge in [0.05, 0.1) is 5.56 Å². The van der Waals surface area contributed by atoms with E-state index in [0.717, 1.165) is 11.1 Å².